The second-order valence-corrected chi connectivity index (χ2v) is 7.38. The van der Waals surface area contributed by atoms with Gasteiger partial charge in [0, 0.05) is 5.69 Å². The number of anilines is 1. The van der Waals surface area contributed by atoms with E-state index in [9.17, 15) is 9.59 Å². The van der Waals surface area contributed by atoms with Crippen LogP contribution < -0.4 is 20.2 Å². The number of hydrazone groups is 1. The second kappa shape index (κ2) is 11.4. The Morgan fingerprint density at radius 3 is 2.66 bits per heavy atom. The molecule has 154 valence electrons. The van der Waals surface area contributed by atoms with Crippen molar-refractivity contribution in [3.05, 3.63) is 51.1 Å². The Kier molecular flexibility index (Phi) is 8.91. The van der Waals surface area contributed by atoms with Crippen molar-refractivity contribution >= 4 is 46.3 Å². The Bertz CT molecular complexity index is 899. The number of hydrogen-bond acceptors (Lipinski definition) is 5. The third-order valence-electron chi connectivity index (χ3n) is 3.85. The van der Waals surface area contributed by atoms with Gasteiger partial charge < -0.3 is 14.8 Å². The molecule has 0 aliphatic rings. The lowest BCUT2D eigenvalue weighted by Crippen LogP contribution is -2.24. The molecule has 0 aromatic heterocycles. The SMILES string of the molecule is CCCOc1c(I)cc(C=NNC(=O)CC(=O)Nc2ccccc2C)cc1OC. The lowest BCUT2D eigenvalue weighted by Gasteiger charge is -2.12. The normalized spacial score (nSPS) is 10.6. The molecule has 2 rings (SSSR count). The number of nitrogens with one attached hydrogen (secondary N) is 2. The number of nitrogens with zero attached hydrogens (tertiary/aromatic N) is 1. The van der Waals surface area contributed by atoms with Gasteiger partial charge in [0.25, 0.3) is 0 Å². The largest absolute Gasteiger partial charge is 0.493 e. The molecule has 2 N–H and O–H groups in total. The number of aryl methyl sites for hydroxylation is 1. The van der Waals surface area contributed by atoms with Crippen molar-refractivity contribution < 1.29 is 19.1 Å². The third-order valence-corrected chi connectivity index (χ3v) is 4.65. The van der Waals surface area contributed by atoms with Crippen molar-refractivity contribution in [3.8, 4) is 11.5 Å². The molecule has 0 aliphatic carbocycles. The highest BCUT2D eigenvalue weighted by molar-refractivity contribution is 14.1. The summed E-state index contributed by atoms with van der Waals surface area (Å²) in [4.78, 5) is 24.0. The van der Waals surface area contributed by atoms with Crippen molar-refractivity contribution in [2.24, 2.45) is 5.10 Å². The molecule has 7 nitrogen and oxygen atoms in total. The number of ether oxygens (including phenoxy) is 2. The van der Waals surface area contributed by atoms with Crippen LogP contribution in [-0.4, -0.2) is 31.7 Å². The van der Waals surface area contributed by atoms with Crippen LogP contribution in [0.4, 0.5) is 5.69 Å². The summed E-state index contributed by atoms with van der Waals surface area (Å²) in [6.45, 7) is 4.51. The molecule has 2 aromatic rings. The van der Waals surface area contributed by atoms with Crippen LogP contribution in [0.3, 0.4) is 0 Å². The summed E-state index contributed by atoms with van der Waals surface area (Å²) in [6, 6.07) is 11.0. The summed E-state index contributed by atoms with van der Waals surface area (Å²) in [5.41, 5.74) is 4.71. The van der Waals surface area contributed by atoms with Gasteiger partial charge in [0.15, 0.2) is 11.5 Å². The molecule has 0 radical (unpaired) electrons. The maximum atomic E-state index is 12.0. The van der Waals surface area contributed by atoms with Crippen LogP contribution in [0.5, 0.6) is 11.5 Å². The van der Waals surface area contributed by atoms with Gasteiger partial charge in [-0.25, -0.2) is 5.43 Å². The zero-order valence-corrected chi connectivity index (χ0v) is 18.8. The number of amides is 2. The minimum absolute atomic E-state index is 0.323. The Hall–Kier alpha value is -2.62. The molecule has 0 spiro atoms. The Labute approximate surface area is 184 Å². The molecule has 0 aliphatic heterocycles. The molecule has 2 aromatic carbocycles. The second-order valence-electron chi connectivity index (χ2n) is 6.22. The third kappa shape index (κ3) is 7.04. The number of halogens is 1. The zero-order chi connectivity index (χ0) is 21.2. The average molecular weight is 509 g/mol. The fourth-order valence-corrected chi connectivity index (χ4v) is 3.21. The van der Waals surface area contributed by atoms with Crippen molar-refractivity contribution in [1.29, 1.82) is 0 Å². The van der Waals surface area contributed by atoms with E-state index in [1.54, 1.807) is 19.2 Å². The monoisotopic (exact) mass is 509 g/mol. The molecule has 0 atom stereocenters. The lowest BCUT2D eigenvalue weighted by atomic mass is 10.2. The van der Waals surface area contributed by atoms with Crippen molar-refractivity contribution in [3.63, 3.8) is 0 Å². The Balaban J connectivity index is 1.93. The van der Waals surface area contributed by atoms with Crippen molar-refractivity contribution in [2.45, 2.75) is 26.7 Å². The van der Waals surface area contributed by atoms with Crippen LogP contribution in [0.1, 0.15) is 30.9 Å². The summed E-state index contributed by atoms with van der Waals surface area (Å²) >= 11 is 2.16. The van der Waals surface area contributed by atoms with Gasteiger partial charge in [-0.1, -0.05) is 25.1 Å². The fraction of sp³-hybridized carbons (Fsp3) is 0.286. The van der Waals surface area contributed by atoms with Crippen LogP contribution in [0, 0.1) is 10.5 Å². The first-order valence-electron chi connectivity index (χ1n) is 9.12. The predicted octanol–water partition coefficient (Wildman–Crippen LogP) is 3.88. The summed E-state index contributed by atoms with van der Waals surface area (Å²) in [5.74, 6) is 0.372. The Morgan fingerprint density at radius 2 is 1.97 bits per heavy atom. The fourth-order valence-electron chi connectivity index (χ4n) is 2.43. The molecular formula is C21H24IN3O4. The van der Waals surface area contributed by atoms with E-state index in [1.165, 1.54) is 6.21 Å². The molecule has 0 unspecified atom stereocenters. The smallest absolute Gasteiger partial charge is 0.249 e. The predicted molar refractivity (Wildman–Crippen MR) is 122 cm³/mol. The van der Waals surface area contributed by atoms with E-state index in [1.807, 2.05) is 38.1 Å². The van der Waals surface area contributed by atoms with Gasteiger partial charge in [-0.15, -0.1) is 0 Å². The van der Waals surface area contributed by atoms with E-state index in [4.69, 9.17) is 9.47 Å². The standard InChI is InChI=1S/C21H24IN3O4/c1-4-9-29-21-16(22)10-15(11-18(21)28-3)13-23-25-20(27)12-19(26)24-17-8-6-5-7-14(17)2/h5-8,10-11,13H,4,9,12H2,1-3H3,(H,24,26)(H,25,27). The minimum atomic E-state index is -0.503. The number of carbonyl (C=O) groups excluding carboxylic acids is 2. The van der Waals surface area contributed by atoms with E-state index in [2.05, 4.69) is 38.4 Å². The molecule has 29 heavy (non-hydrogen) atoms. The summed E-state index contributed by atoms with van der Waals surface area (Å²) in [5, 5.41) is 6.63. The highest BCUT2D eigenvalue weighted by Gasteiger charge is 2.12. The number of carbonyl (C=O) groups is 2. The van der Waals surface area contributed by atoms with E-state index >= 15 is 0 Å². The molecule has 0 bridgehead atoms. The quantitative estimate of drug-likeness (QED) is 0.233. The van der Waals surface area contributed by atoms with Crippen molar-refractivity contribution in [1.82, 2.24) is 5.43 Å². The molecular weight excluding hydrogens is 485 g/mol. The summed E-state index contributed by atoms with van der Waals surface area (Å²) in [6.07, 6.45) is 2.06. The van der Waals surface area contributed by atoms with E-state index in [0.717, 1.165) is 21.1 Å². The van der Waals surface area contributed by atoms with E-state index < -0.39 is 11.8 Å². The van der Waals surface area contributed by atoms with Gasteiger partial charge in [-0.2, -0.15) is 5.10 Å². The Morgan fingerprint density at radius 1 is 1.21 bits per heavy atom. The highest BCUT2D eigenvalue weighted by Crippen LogP contribution is 2.33. The average Bonchev–Trinajstić information content (AvgIpc) is 2.68. The van der Waals surface area contributed by atoms with Crippen LogP contribution in [-0.2, 0) is 9.59 Å². The summed E-state index contributed by atoms with van der Waals surface area (Å²) in [7, 11) is 1.57. The molecule has 0 saturated heterocycles. The number of benzene rings is 2. The first-order valence-corrected chi connectivity index (χ1v) is 10.2. The molecule has 0 heterocycles. The lowest BCUT2D eigenvalue weighted by molar-refractivity contribution is -0.126. The van der Waals surface area contributed by atoms with Crippen LogP contribution in [0.25, 0.3) is 0 Å². The van der Waals surface area contributed by atoms with Crippen LogP contribution in [0.15, 0.2) is 41.5 Å². The van der Waals surface area contributed by atoms with Gasteiger partial charge in [0.2, 0.25) is 11.8 Å². The number of methoxy groups -OCH3 is 1. The minimum Gasteiger partial charge on any atom is -0.493 e. The number of rotatable bonds is 9. The molecule has 0 fully saturated rings. The van der Waals surface area contributed by atoms with Gasteiger partial charge in [0.1, 0.15) is 6.42 Å². The first-order chi connectivity index (χ1) is 13.9. The number of hydrogen-bond donors (Lipinski definition) is 2. The van der Waals surface area contributed by atoms with Gasteiger partial charge in [-0.05, 0) is 65.3 Å². The van der Waals surface area contributed by atoms with Gasteiger partial charge >= 0.3 is 0 Å². The maximum Gasteiger partial charge on any atom is 0.249 e. The molecule has 8 heteroatoms. The van der Waals surface area contributed by atoms with Crippen LogP contribution in [0.2, 0.25) is 0 Å². The van der Waals surface area contributed by atoms with E-state index in [0.29, 0.717) is 23.8 Å². The van der Waals surface area contributed by atoms with Gasteiger partial charge in [-0.3, -0.25) is 9.59 Å². The molecule has 2 amide bonds. The summed E-state index contributed by atoms with van der Waals surface area (Å²) < 4.78 is 12.0. The van der Waals surface area contributed by atoms with Gasteiger partial charge in [0.05, 0.1) is 23.5 Å². The first kappa shape index (κ1) is 22.7. The number of para-hydroxylation sites is 1. The highest BCUT2D eigenvalue weighted by atomic mass is 127. The zero-order valence-electron chi connectivity index (χ0n) is 16.6. The molecule has 0 saturated carbocycles. The van der Waals surface area contributed by atoms with Crippen molar-refractivity contribution in [2.75, 3.05) is 19.0 Å². The maximum absolute atomic E-state index is 12.0. The van der Waals surface area contributed by atoms with Crippen LogP contribution >= 0.6 is 22.6 Å². The van der Waals surface area contributed by atoms with E-state index in [-0.39, 0.29) is 6.42 Å². The topological polar surface area (TPSA) is 89.0 Å².